The van der Waals surface area contributed by atoms with E-state index in [0.29, 0.717) is 5.13 Å². The van der Waals surface area contributed by atoms with Crippen LogP contribution in [0.5, 0.6) is 0 Å². The fraction of sp³-hybridized carbons (Fsp3) is 0. The third-order valence-corrected chi connectivity index (χ3v) is 2.45. The molecule has 1 amide bonds. The van der Waals surface area contributed by atoms with Crippen LogP contribution in [0.2, 0.25) is 0 Å². The first-order valence-electron chi connectivity index (χ1n) is 4.45. The number of hydrogen-bond donors (Lipinski definition) is 1. The zero-order valence-electron chi connectivity index (χ0n) is 7.88. The lowest BCUT2D eigenvalue weighted by Gasteiger charge is -2.00. The van der Waals surface area contributed by atoms with Gasteiger partial charge in [0.1, 0.15) is 0 Å². The second-order valence-corrected chi connectivity index (χ2v) is 3.78. The molecule has 1 radical (unpaired) electrons. The quantitative estimate of drug-likeness (QED) is 0.857. The molecule has 75 valence electrons. The van der Waals surface area contributed by atoms with Crippen LogP contribution in [0.15, 0.2) is 41.9 Å². The van der Waals surface area contributed by atoms with Crippen molar-refractivity contribution in [2.75, 3.05) is 5.32 Å². The first-order chi connectivity index (χ1) is 7.34. The molecule has 0 bridgehead atoms. The summed E-state index contributed by atoms with van der Waals surface area (Å²) < 4.78 is 0. The number of amides is 1. The lowest BCUT2D eigenvalue weighted by atomic mass is 10.1. The fourth-order valence-corrected chi connectivity index (χ4v) is 1.66. The maximum atomic E-state index is 11.5. The van der Waals surface area contributed by atoms with Gasteiger partial charge in [-0.2, -0.15) is 0 Å². The highest BCUT2D eigenvalue weighted by molar-refractivity contribution is 7.13. The van der Waals surface area contributed by atoms with Gasteiger partial charge in [0.05, 0.1) is 6.42 Å². The number of thiazole rings is 1. The number of carbonyl (C=O) groups excluding carboxylic acids is 1. The number of anilines is 1. The predicted molar refractivity (Wildman–Crippen MR) is 60.6 cm³/mol. The van der Waals surface area contributed by atoms with Crippen molar-refractivity contribution in [2.45, 2.75) is 0 Å². The summed E-state index contributed by atoms with van der Waals surface area (Å²) >= 11 is 1.40. The second-order valence-electron chi connectivity index (χ2n) is 2.88. The Balaban J connectivity index is 1.94. The van der Waals surface area contributed by atoms with Crippen molar-refractivity contribution in [2.24, 2.45) is 0 Å². The van der Waals surface area contributed by atoms with Crippen LogP contribution in [0.25, 0.3) is 0 Å². The van der Waals surface area contributed by atoms with Gasteiger partial charge in [0.25, 0.3) is 0 Å². The molecular weight excluding hydrogens is 208 g/mol. The zero-order valence-corrected chi connectivity index (χ0v) is 8.70. The molecule has 4 heteroatoms. The Kier molecular flexibility index (Phi) is 3.09. The molecule has 1 heterocycles. The van der Waals surface area contributed by atoms with Crippen molar-refractivity contribution >= 4 is 22.4 Å². The average Bonchev–Trinajstić information content (AvgIpc) is 2.71. The lowest BCUT2D eigenvalue weighted by Crippen LogP contribution is -2.11. The summed E-state index contributed by atoms with van der Waals surface area (Å²) in [5.41, 5.74) is 0.881. The smallest absolute Gasteiger partial charge is 0.234 e. The Labute approximate surface area is 91.8 Å². The highest BCUT2D eigenvalue weighted by Gasteiger charge is 2.05. The van der Waals surface area contributed by atoms with Gasteiger partial charge in [-0.25, -0.2) is 4.98 Å². The summed E-state index contributed by atoms with van der Waals surface area (Å²) in [7, 11) is 0. The Morgan fingerprint density at radius 3 is 2.80 bits per heavy atom. The Hall–Kier alpha value is -1.68. The van der Waals surface area contributed by atoms with E-state index < -0.39 is 0 Å². The zero-order chi connectivity index (χ0) is 10.5. The van der Waals surface area contributed by atoms with Crippen molar-refractivity contribution in [3.8, 4) is 0 Å². The van der Waals surface area contributed by atoms with Crippen LogP contribution in [-0.4, -0.2) is 10.9 Å². The molecule has 0 fully saturated rings. The van der Waals surface area contributed by atoms with Gasteiger partial charge in [-0.05, 0) is 5.56 Å². The van der Waals surface area contributed by atoms with Gasteiger partial charge in [-0.15, -0.1) is 11.3 Å². The average molecular weight is 217 g/mol. The normalized spacial score (nSPS) is 9.87. The number of rotatable bonds is 3. The van der Waals surface area contributed by atoms with Crippen LogP contribution in [0.4, 0.5) is 5.13 Å². The SMILES string of the molecule is O=C([CH]c1ccccc1)Nc1nccs1. The van der Waals surface area contributed by atoms with Crippen molar-refractivity contribution in [3.05, 3.63) is 53.9 Å². The molecule has 1 aromatic carbocycles. The van der Waals surface area contributed by atoms with Gasteiger partial charge in [0.2, 0.25) is 5.91 Å². The second kappa shape index (κ2) is 4.70. The van der Waals surface area contributed by atoms with E-state index in [2.05, 4.69) is 10.3 Å². The van der Waals surface area contributed by atoms with Crippen molar-refractivity contribution < 1.29 is 4.79 Å². The predicted octanol–water partition coefficient (Wildman–Crippen LogP) is 2.33. The molecule has 0 spiro atoms. The summed E-state index contributed by atoms with van der Waals surface area (Å²) in [6.07, 6.45) is 3.20. The third kappa shape index (κ3) is 2.89. The minimum absolute atomic E-state index is 0.156. The molecule has 3 nitrogen and oxygen atoms in total. The van der Waals surface area contributed by atoms with E-state index in [-0.39, 0.29) is 5.91 Å². The first kappa shape index (κ1) is 9.86. The maximum absolute atomic E-state index is 11.5. The molecule has 0 saturated carbocycles. The Morgan fingerprint density at radius 2 is 2.13 bits per heavy atom. The highest BCUT2D eigenvalue weighted by atomic mass is 32.1. The van der Waals surface area contributed by atoms with Gasteiger partial charge in [-0.3, -0.25) is 4.79 Å². The van der Waals surface area contributed by atoms with Gasteiger partial charge < -0.3 is 5.32 Å². The van der Waals surface area contributed by atoms with E-state index >= 15 is 0 Å². The highest BCUT2D eigenvalue weighted by Crippen LogP contribution is 2.11. The van der Waals surface area contributed by atoms with Gasteiger partial charge in [-0.1, -0.05) is 30.3 Å². The number of nitrogens with one attached hydrogen (secondary N) is 1. The van der Waals surface area contributed by atoms with Gasteiger partial charge in [0.15, 0.2) is 5.13 Å². The van der Waals surface area contributed by atoms with Crippen LogP contribution in [0.3, 0.4) is 0 Å². The summed E-state index contributed by atoms with van der Waals surface area (Å²) in [5.74, 6) is -0.156. The Bertz CT molecular complexity index is 425. The van der Waals surface area contributed by atoms with Crippen molar-refractivity contribution in [1.82, 2.24) is 4.98 Å². The van der Waals surface area contributed by atoms with E-state index in [0.717, 1.165) is 5.56 Å². The topological polar surface area (TPSA) is 42.0 Å². The van der Waals surface area contributed by atoms with E-state index in [1.165, 1.54) is 11.3 Å². The van der Waals surface area contributed by atoms with E-state index in [9.17, 15) is 4.79 Å². The summed E-state index contributed by atoms with van der Waals surface area (Å²) in [6.45, 7) is 0. The fourth-order valence-electron chi connectivity index (χ4n) is 1.13. The molecule has 2 aromatic rings. The number of hydrogen-bond acceptors (Lipinski definition) is 3. The molecule has 0 saturated heterocycles. The van der Waals surface area contributed by atoms with Crippen molar-refractivity contribution in [3.63, 3.8) is 0 Å². The lowest BCUT2D eigenvalue weighted by molar-refractivity contribution is -0.112. The maximum Gasteiger partial charge on any atom is 0.234 e. The minimum Gasteiger partial charge on any atom is -0.301 e. The van der Waals surface area contributed by atoms with Crippen LogP contribution in [0.1, 0.15) is 5.56 Å². The first-order valence-corrected chi connectivity index (χ1v) is 5.33. The molecule has 0 unspecified atom stereocenters. The molecule has 2 rings (SSSR count). The number of nitrogens with zero attached hydrogens (tertiary/aromatic N) is 1. The third-order valence-electron chi connectivity index (χ3n) is 1.76. The molecular formula is C11H9N2OS. The van der Waals surface area contributed by atoms with Crippen molar-refractivity contribution in [1.29, 1.82) is 0 Å². The van der Waals surface area contributed by atoms with E-state index in [1.54, 1.807) is 12.6 Å². The van der Waals surface area contributed by atoms with E-state index in [1.807, 2.05) is 35.7 Å². The van der Waals surface area contributed by atoms with E-state index in [4.69, 9.17) is 0 Å². The Morgan fingerprint density at radius 1 is 1.33 bits per heavy atom. The standard InChI is InChI=1S/C11H9N2OS/c14-10(13-11-12-6-7-15-11)8-9-4-2-1-3-5-9/h1-8H,(H,12,13,14). The molecule has 1 N–H and O–H groups in total. The van der Waals surface area contributed by atoms with Crippen LogP contribution >= 0.6 is 11.3 Å². The van der Waals surface area contributed by atoms with Crippen LogP contribution in [-0.2, 0) is 4.79 Å². The minimum atomic E-state index is -0.156. The summed E-state index contributed by atoms with van der Waals surface area (Å²) in [4.78, 5) is 15.4. The molecule has 0 atom stereocenters. The summed E-state index contributed by atoms with van der Waals surface area (Å²) in [6, 6.07) is 9.45. The molecule has 0 aliphatic rings. The molecule has 1 aromatic heterocycles. The van der Waals surface area contributed by atoms with Gasteiger partial charge in [0, 0.05) is 11.6 Å². The number of benzene rings is 1. The molecule has 0 aliphatic carbocycles. The number of aromatic nitrogens is 1. The largest absolute Gasteiger partial charge is 0.301 e. The molecule has 0 aliphatic heterocycles. The molecule has 15 heavy (non-hydrogen) atoms. The van der Waals surface area contributed by atoms with Crippen LogP contribution < -0.4 is 5.32 Å². The van der Waals surface area contributed by atoms with Gasteiger partial charge >= 0.3 is 0 Å². The summed E-state index contributed by atoms with van der Waals surface area (Å²) in [5, 5.41) is 5.12. The monoisotopic (exact) mass is 217 g/mol. The van der Waals surface area contributed by atoms with Crippen LogP contribution in [0, 0.1) is 6.42 Å². The number of carbonyl (C=O) groups is 1.